The normalized spacial score (nSPS) is 13.5. The fourth-order valence-corrected chi connectivity index (χ4v) is 5.79. The molecule has 0 spiro atoms. The summed E-state index contributed by atoms with van der Waals surface area (Å²) < 4.78 is 2.31. The van der Waals surface area contributed by atoms with E-state index in [0.29, 0.717) is 0 Å². The molecule has 0 N–H and O–H groups in total. The monoisotopic (exact) mass is 463 g/mol. The summed E-state index contributed by atoms with van der Waals surface area (Å²) in [6.07, 6.45) is 9.68. The van der Waals surface area contributed by atoms with Crippen LogP contribution in [0.2, 0.25) is 0 Å². The first-order valence-corrected chi connectivity index (χ1v) is 12.3. The zero-order chi connectivity index (χ0) is 24.3. The predicted molar refractivity (Wildman–Crippen MR) is 147 cm³/mol. The van der Waals surface area contributed by atoms with E-state index in [4.69, 9.17) is 0 Å². The lowest BCUT2D eigenvalue weighted by Crippen LogP contribution is -2.14. The van der Waals surface area contributed by atoms with Gasteiger partial charge < -0.3 is 4.57 Å². The van der Waals surface area contributed by atoms with Crippen LogP contribution in [0.25, 0.3) is 50.0 Å². The van der Waals surface area contributed by atoms with E-state index >= 15 is 0 Å². The Morgan fingerprint density at radius 1 is 0.639 bits per heavy atom. The lowest BCUT2D eigenvalue weighted by atomic mass is 9.82. The van der Waals surface area contributed by atoms with Crippen LogP contribution in [-0.2, 0) is 5.41 Å². The molecule has 0 saturated heterocycles. The van der Waals surface area contributed by atoms with Crippen molar-refractivity contribution in [3.8, 4) is 39.1 Å². The predicted octanol–water partition coefficient (Wildman–Crippen LogP) is 8.06. The van der Waals surface area contributed by atoms with Crippen molar-refractivity contribution in [2.45, 2.75) is 19.3 Å². The number of benzene rings is 3. The van der Waals surface area contributed by atoms with Crippen molar-refractivity contribution in [1.82, 2.24) is 14.5 Å². The smallest absolute Gasteiger partial charge is 0.0534 e. The highest BCUT2D eigenvalue weighted by Gasteiger charge is 2.36. The van der Waals surface area contributed by atoms with Crippen LogP contribution in [0.4, 0.5) is 0 Å². The van der Waals surface area contributed by atoms with Gasteiger partial charge in [-0.25, -0.2) is 0 Å². The maximum absolute atomic E-state index is 4.36. The van der Waals surface area contributed by atoms with E-state index in [0.717, 1.165) is 27.9 Å². The van der Waals surface area contributed by atoms with Gasteiger partial charge in [0.25, 0.3) is 0 Å². The van der Waals surface area contributed by atoms with Gasteiger partial charge in [0.05, 0.1) is 5.52 Å². The Kier molecular flexibility index (Phi) is 4.49. The maximum Gasteiger partial charge on any atom is 0.0534 e. The average molecular weight is 464 g/mol. The molecule has 7 rings (SSSR count). The summed E-state index contributed by atoms with van der Waals surface area (Å²) in [5.41, 5.74) is 12.3. The first-order valence-electron chi connectivity index (χ1n) is 12.3. The van der Waals surface area contributed by atoms with Crippen molar-refractivity contribution in [2.75, 3.05) is 0 Å². The Bertz CT molecular complexity index is 1690. The number of nitrogens with zero attached hydrogens (tertiary/aromatic N) is 3. The van der Waals surface area contributed by atoms with Gasteiger partial charge in [0, 0.05) is 58.6 Å². The summed E-state index contributed by atoms with van der Waals surface area (Å²) in [6.45, 7) is 4.66. The minimum absolute atomic E-state index is 0.00405. The van der Waals surface area contributed by atoms with Gasteiger partial charge in [-0.15, -0.1) is 0 Å². The molecule has 0 bridgehead atoms. The summed E-state index contributed by atoms with van der Waals surface area (Å²) in [5.74, 6) is 0. The summed E-state index contributed by atoms with van der Waals surface area (Å²) in [4.78, 5) is 8.72. The topological polar surface area (TPSA) is 30.7 Å². The summed E-state index contributed by atoms with van der Waals surface area (Å²) in [7, 11) is 0. The van der Waals surface area contributed by atoms with Gasteiger partial charge in [0.1, 0.15) is 0 Å². The molecule has 0 aliphatic heterocycles. The Morgan fingerprint density at radius 3 is 2.00 bits per heavy atom. The van der Waals surface area contributed by atoms with Crippen molar-refractivity contribution < 1.29 is 0 Å². The third-order valence-corrected chi connectivity index (χ3v) is 7.60. The first kappa shape index (κ1) is 20.8. The minimum Gasteiger partial charge on any atom is -0.316 e. The molecule has 6 aromatic rings. The van der Waals surface area contributed by atoms with Crippen LogP contribution in [-0.4, -0.2) is 14.5 Å². The molecule has 3 aromatic carbocycles. The summed E-state index contributed by atoms with van der Waals surface area (Å²) in [6, 6.07) is 30.6. The number of fused-ring (bicyclic) bond motifs is 5. The largest absolute Gasteiger partial charge is 0.316 e. The third kappa shape index (κ3) is 3.06. The lowest BCUT2D eigenvalue weighted by molar-refractivity contribution is 0.661. The first-order chi connectivity index (χ1) is 17.6. The molecule has 0 unspecified atom stereocenters. The van der Waals surface area contributed by atoms with Gasteiger partial charge >= 0.3 is 0 Å². The van der Waals surface area contributed by atoms with E-state index < -0.39 is 0 Å². The van der Waals surface area contributed by atoms with Crippen molar-refractivity contribution >= 4 is 10.9 Å². The molecule has 0 amide bonds. The van der Waals surface area contributed by atoms with Crippen LogP contribution in [0.3, 0.4) is 0 Å². The SMILES string of the molecule is CC1(C)c2ccccc2-c2c1ccc1c2ccn1-c1cc(-c2cccnc2)cc(-c2cccnc2)c1. The highest BCUT2D eigenvalue weighted by atomic mass is 15.0. The molecule has 1 aliphatic rings. The molecule has 0 saturated carbocycles. The van der Waals surface area contributed by atoms with Gasteiger partial charge in [-0.3, -0.25) is 9.97 Å². The van der Waals surface area contributed by atoms with E-state index in [1.165, 1.54) is 33.2 Å². The lowest BCUT2D eigenvalue weighted by Gasteiger charge is -2.21. The quantitative estimate of drug-likeness (QED) is 0.266. The summed E-state index contributed by atoms with van der Waals surface area (Å²) in [5, 5.41) is 1.29. The molecule has 3 heterocycles. The van der Waals surface area contributed by atoms with Crippen LogP contribution in [0.5, 0.6) is 0 Å². The number of pyridine rings is 2. The van der Waals surface area contributed by atoms with Gasteiger partial charge in [-0.2, -0.15) is 0 Å². The van der Waals surface area contributed by atoms with E-state index in [1.54, 1.807) is 0 Å². The van der Waals surface area contributed by atoms with Gasteiger partial charge in [0.15, 0.2) is 0 Å². The second-order valence-corrected chi connectivity index (χ2v) is 10.0. The molecule has 3 aromatic heterocycles. The molecular formula is C33H25N3. The second kappa shape index (κ2) is 7.76. The van der Waals surface area contributed by atoms with E-state index in [2.05, 4.69) is 107 Å². The zero-order valence-electron chi connectivity index (χ0n) is 20.3. The third-order valence-electron chi connectivity index (χ3n) is 7.60. The molecule has 0 radical (unpaired) electrons. The van der Waals surface area contributed by atoms with E-state index in [-0.39, 0.29) is 5.41 Å². The molecule has 0 atom stereocenters. The van der Waals surface area contributed by atoms with Crippen molar-refractivity contribution in [3.63, 3.8) is 0 Å². The number of rotatable bonds is 3. The summed E-state index contributed by atoms with van der Waals surface area (Å²) >= 11 is 0. The van der Waals surface area contributed by atoms with Crippen molar-refractivity contribution in [1.29, 1.82) is 0 Å². The fraction of sp³-hybridized carbons (Fsp3) is 0.0909. The standard InChI is InChI=1S/C33H25N3/c1-33(2)29-10-4-3-9-27(29)32-28-13-16-36(31(28)12-11-30(32)33)26-18-24(22-7-5-14-34-20-22)17-25(19-26)23-8-6-15-35-21-23/h3-21H,1-2H3. The van der Waals surface area contributed by atoms with Crippen molar-refractivity contribution in [3.05, 3.63) is 127 Å². The van der Waals surface area contributed by atoms with Gasteiger partial charge in [-0.05, 0) is 75.8 Å². The molecular weight excluding hydrogens is 438 g/mol. The molecule has 3 nitrogen and oxygen atoms in total. The zero-order valence-corrected chi connectivity index (χ0v) is 20.3. The molecule has 36 heavy (non-hydrogen) atoms. The van der Waals surface area contributed by atoms with Crippen LogP contribution in [0, 0.1) is 0 Å². The van der Waals surface area contributed by atoms with Gasteiger partial charge in [0.2, 0.25) is 0 Å². The minimum atomic E-state index is -0.00405. The molecule has 0 fully saturated rings. The number of aromatic nitrogens is 3. The Morgan fingerprint density at radius 2 is 1.33 bits per heavy atom. The van der Waals surface area contributed by atoms with Crippen LogP contribution >= 0.6 is 0 Å². The number of hydrogen-bond acceptors (Lipinski definition) is 2. The Labute approximate surface area is 210 Å². The van der Waals surface area contributed by atoms with E-state index in [9.17, 15) is 0 Å². The van der Waals surface area contributed by atoms with Crippen molar-refractivity contribution in [2.24, 2.45) is 0 Å². The van der Waals surface area contributed by atoms with Gasteiger partial charge in [-0.1, -0.05) is 56.3 Å². The molecule has 172 valence electrons. The Hall–Kier alpha value is -4.50. The van der Waals surface area contributed by atoms with E-state index in [1.807, 2.05) is 36.9 Å². The maximum atomic E-state index is 4.36. The number of hydrogen-bond donors (Lipinski definition) is 0. The highest BCUT2D eigenvalue weighted by molar-refractivity contribution is 6.02. The average Bonchev–Trinajstić information content (AvgIpc) is 3.46. The van der Waals surface area contributed by atoms with Crippen LogP contribution in [0.1, 0.15) is 25.0 Å². The molecule has 3 heteroatoms. The fourth-order valence-electron chi connectivity index (χ4n) is 5.79. The molecule has 1 aliphatic carbocycles. The van der Waals surface area contributed by atoms with Crippen LogP contribution in [0.15, 0.2) is 116 Å². The van der Waals surface area contributed by atoms with Crippen LogP contribution < -0.4 is 0 Å². The Balaban J connectivity index is 1.47. The highest BCUT2D eigenvalue weighted by Crippen LogP contribution is 2.51. The second-order valence-electron chi connectivity index (χ2n) is 10.0.